The van der Waals surface area contributed by atoms with Gasteiger partial charge in [0.1, 0.15) is 0 Å². The summed E-state index contributed by atoms with van der Waals surface area (Å²) in [7, 11) is 0. The number of carbonyl (C=O) groups excluding carboxylic acids is 1. The Hall–Kier alpha value is -2.58. The number of hydrogen-bond acceptors (Lipinski definition) is 6. The number of hydrogen-bond donors (Lipinski definition) is 1. The molecule has 0 bridgehead atoms. The van der Waals surface area contributed by atoms with Crippen molar-refractivity contribution in [2.24, 2.45) is 5.92 Å². The third kappa shape index (κ3) is 4.54. The maximum Gasteiger partial charge on any atom is 0.279 e. The smallest absolute Gasteiger partial charge is 0.279 e. The van der Waals surface area contributed by atoms with Crippen molar-refractivity contribution in [1.29, 1.82) is 0 Å². The highest BCUT2D eigenvalue weighted by Crippen LogP contribution is 2.22. The van der Waals surface area contributed by atoms with E-state index in [1.807, 2.05) is 43.5 Å². The van der Waals surface area contributed by atoms with Crippen LogP contribution in [0.3, 0.4) is 0 Å². The first-order valence-electron chi connectivity index (χ1n) is 9.97. The number of nitrogens with zero attached hydrogens (tertiary/aromatic N) is 5. The highest BCUT2D eigenvalue weighted by Gasteiger charge is 2.20. The maximum absolute atomic E-state index is 12.7. The predicted octanol–water partition coefficient (Wildman–Crippen LogP) is 3.82. The van der Waals surface area contributed by atoms with E-state index in [1.54, 1.807) is 4.68 Å². The molecule has 7 nitrogen and oxygen atoms in total. The zero-order chi connectivity index (χ0) is 20.4. The normalized spacial score (nSPS) is 15.6. The number of piperidine rings is 1. The van der Waals surface area contributed by atoms with Gasteiger partial charge in [0.2, 0.25) is 0 Å². The van der Waals surface area contributed by atoms with Crippen LogP contribution in [0.2, 0.25) is 0 Å². The Morgan fingerprint density at radius 3 is 2.66 bits per heavy atom. The van der Waals surface area contributed by atoms with E-state index in [2.05, 4.69) is 32.4 Å². The second-order valence-corrected chi connectivity index (χ2v) is 8.69. The van der Waals surface area contributed by atoms with Crippen LogP contribution in [0.5, 0.6) is 0 Å². The van der Waals surface area contributed by atoms with E-state index in [4.69, 9.17) is 0 Å². The first-order chi connectivity index (χ1) is 14.0. The molecule has 1 aliphatic heterocycles. The average molecular weight is 411 g/mol. The quantitative estimate of drug-likeness (QED) is 0.692. The van der Waals surface area contributed by atoms with Crippen molar-refractivity contribution < 1.29 is 4.79 Å². The van der Waals surface area contributed by atoms with Crippen molar-refractivity contribution in [3.05, 3.63) is 52.3 Å². The van der Waals surface area contributed by atoms with Crippen LogP contribution in [-0.4, -0.2) is 43.9 Å². The van der Waals surface area contributed by atoms with Crippen LogP contribution in [0.4, 0.5) is 5.13 Å². The minimum atomic E-state index is -0.284. The molecule has 0 saturated carbocycles. The van der Waals surface area contributed by atoms with Gasteiger partial charge in [0.25, 0.3) is 5.91 Å². The predicted molar refractivity (Wildman–Crippen MR) is 115 cm³/mol. The maximum atomic E-state index is 12.7. The Morgan fingerprint density at radius 2 is 1.93 bits per heavy atom. The number of carbonyl (C=O) groups is 1. The number of likely N-dealkylation sites (tertiary alicyclic amines) is 1. The Kier molecular flexibility index (Phi) is 5.73. The van der Waals surface area contributed by atoms with Crippen LogP contribution in [-0.2, 0) is 6.54 Å². The summed E-state index contributed by atoms with van der Waals surface area (Å²) in [5.74, 6) is 0.529. The van der Waals surface area contributed by atoms with E-state index in [1.165, 1.54) is 29.7 Å². The van der Waals surface area contributed by atoms with Crippen molar-refractivity contribution >= 4 is 22.4 Å². The van der Waals surface area contributed by atoms with Crippen LogP contribution >= 0.6 is 11.3 Å². The summed E-state index contributed by atoms with van der Waals surface area (Å²) < 4.78 is 1.68. The average Bonchev–Trinajstić information content (AvgIpc) is 3.30. The molecule has 0 atom stereocenters. The van der Waals surface area contributed by atoms with Gasteiger partial charge in [0.15, 0.2) is 10.8 Å². The molecule has 0 spiro atoms. The van der Waals surface area contributed by atoms with Gasteiger partial charge in [0, 0.05) is 11.9 Å². The molecule has 3 heterocycles. The third-order valence-corrected chi connectivity index (χ3v) is 6.23. The second-order valence-electron chi connectivity index (χ2n) is 7.83. The minimum absolute atomic E-state index is 0.284. The fourth-order valence-electron chi connectivity index (χ4n) is 3.51. The van der Waals surface area contributed by atoms with Gasteiger partial charge in [-0.3, -0.25) is 15.0 Å². The summed E-state index contributed by atoms with van der Waals surface area (Å²) in [4.78, 5) is 19.7. The van der Waals surface area contributed by atoms with Crippen molar-refractivity contribution in [2.45, 2.75) is 40.2 Å². The summed E-state index contributed by atoms with van der Waals surface area (Å²) in [5, 5.41) is 13.7. The summed E-state index contributed by atoms with van der Waals surface area (Å²) in [5.41, 5.74) is 4.06. The standard InChI is InChI=1S/C21H26N6OS/c1-14-4-6-18(7-5-14)27-16(3)19(24-25-27)20(28)23-21-22-17(13-29-21)12-26-10-8-15(2)9-11-26/h4-7,13,15H,8-12H2,1-3H3,(H,22,23,28). The number of benzene rings is 1. The Morgan fingerprint density at radius 1 is 1.21 bits per heavy atom. The molecular formula is C21H26N6OS. The largest absolute Gasteiger partial charge is 0.297 e. The summed E-state index contributed by atoms with van der Waals surface area (Å²) in [6.07, 6.45) is 2.48. The third-order valence-electron chi connectivity index (χ3n) is 5.42. The van der Waals surface area contributed by atoms with E-state index >= 15 is 0 Å². The monoisotopic (exact) mass is 410 g/mol. The Bertz CT molecular complexity index is 985. The minimum Gasteiger partial charge on any atom is -0.297 e. The molecule has 3 aromatic rings. The van der Waals surface area contributed by atoms with Crippen molar-refractivity contribution in [3.8, 4) is 5.69 Å². The van der Waals surface area contributed by atoms with Gasteiger partial charge in [-0.05, 0) is 57.8 Å². The lowest BCUT2D eigenvalue weighted by Crippen LogP contribution is -2.32. The second kappa shape index (κ2) is 8.42. The van der Waals surface area contributed by atoms with Gasteiger partial charge < -0.3 is 0 Å². The van der Waals surface area contributed by atoms with Crippen molar-refractivity contribution in [2.75, 3.05) is 18.4 Å². The van der Waals surface area contributed by atoms with E-state index in [0.717, 1.165) is 36.9 Å². The van der Waals surface area contributed by atoms with Gasteiger partial charge in [-0.2, -0.15) is 0 Å². The number of amides is 1. The van der Waals surface area contributed by atoms with Crippen molar-refractivity contribution in [3.63, 3.8) is 0 Å². The molecule has 2 aromatic heterocycles. The number of nitrogens with one attached hydrogen (secondary N) is 1. The summed E-state index contributed by atoms with van der Waals surface area (Å²) >= 11 is 1.45. The lowest BCUT2D eigenvalue weighted by Gasteiger charge is -2.29. The Labute approximate surface area is 174 Å². The van der Waals surface area contributed by atoms with Gasteiger partial charge in [0.05, 0.1) is 17.1 Å². The lowest BCUT2D eigenvalue weighted by atomic mass is 9.99. The molecule has 4 rings (SSSR count). The van der Waals surface area contributed by atoms with E-state index in [-0.39, 0.29) is 5.91 Å². The summed E-state index contributed by atoms with van der Waals surface area (Å²) in [6, 6.07) is 7.95. The molecule has 29 heavy (non-hydrogen) atoms. The van der Waals surface area contributed by atoms with E-state index in [9.17, 15) is 4.79 Å². The molecule has 1 aliphatic rings. The highest BCUT2D eigenvalue weighted by atomic mass is 32.1. The lowest BCUT2D eigenvalue weighted by molar-refractivity contribution is 0.102. The first kappa shape index (κ1) is 19.7. The molecule has 1 amide bonds. The van der Waals surface area contributed by atoms with Crippen LogP contribution in [0.25, 0.3) is 5.69 Å². The molecule has 0 aliphatic carbocycles. The summed E-state index contributed by atoms with van der Waals surface area (Å²) in [6.45, 7) is 9.25. The molecular weight excluding hydrogens is 384 g/mol. The van der Waals surface area contributed by atoms with Gasteiger partial charge in [-0.1, -0.05) is 29.8 Å². The number of rotatable bonds is 5. The topological polar surface area (TPSA) is 75.9 Å². The highest BCUT2D eigenvalue weighted by molar-refractivity contribution is 7.13. The van der Waals surface area contributed by atoms with E-state index in [0.29, 0.717) is 16.5 Å². The van der Waals surface area contributed by atoms with Crippen LogP contribution in [0.1, 0.15) is 47.2 Å². The zero-order valence-corrected chi connectivity index (χ0v) is 17.9. The Balaban J connectivity index is 1.41. The molecule has 0 unspecified atom stereocenters. The van der Waals surface area contributed by atoms with Gasteiger partial charge in [-0.25, -0.2) is 9.67 Å². The number of thiazole rings is 1. The fraction of sp³-hybridized carbons (Fsp3) is 0.429. The molecule has 152 valence electrons. The molecule has 1 N–H and O–H groups in total. The van der Waals surface area contributed by atoms with Crippen LogP contribution in [0, 0.1) is 19.8 Å². The van der Waals surface area contributed by atoms with Crippen LogP contribution in [0.15, 0.2) is 29.6 Å². The van der Waals surface area contributed by atoms with E-state index < -0.39 is 0 Å². The van der Waals surface area contributed by atoms with Gasteiger partial charge in [-0.15, -0.1) is 16.4 Å². The molecule has 1 saturated heterocycles. The number of anilines is 1. The zero-order valence-electron chi connectivity index (χ0n) is 17.1. The number of aromatic nitrogens is 4. The molecule has 1 aromatic carbocycles. The van der Waals surface area contributed by atoms with Crippen molar-refractivity contribution in [1.82, 2.24) is 24.9 Å². The number of aryl methyl sites for hydroxylation is 1. The first-order valence-corrected chi connectivity index (χ1v) is 10.8. The molecule has 0 radical (unpaired) electrons. The van der Waals surface area contributed by atoms with Crippen LogP contribution < -0.4 is 5.32 Å². The molecule has 8 heteroatoms. The fourth-order valence-corrected chi connectivity index (χ4v) is 4.21. The SMILES string of the molecule is Cc1ccc(-n2nnc(C(=O)Nc3nc(CN4CCC(C)CC4)cs3)c2C)cc1. The van der Waals surface area contributed by atoms with Gasteiger partial charge >= 0.3 is 0 Å². The molecule has 1 fully saturated rings.